The molecule has 0 unspecified atom stereocenters. The van der Waals surface area contributed by atoms with Crippen molar-refractivity contribution in [3.63, 3.8) is 0 Å². The van der Waals surface area contributed by atoms with Gasteiger partial charge < -0.3 is 4.57 Å². The Morgan fingerprint density at radius 3 is 2.61 bits per heavy atom. The minimum Gasteiger partial charge on any atom is -0.311 e. The molecule has 0 bridgehead atoms. The molecule has 10 heteroatoms. The molecule has 0 spiro atoms. The Bertz CT molecular complexity index is 1340. The third-order valence-electron chi connectivity index (χ3n) is 4.32. The number of anilines is 1. The Labute approximate surface area is 177 Å². The molecule has 31 heavy (non-hydrogen) atoms. The molecular formula is C21H13F3N4O2S. The summed E-state index contributed by atoms with van der Waals surface area (Å²) >= 11 is 1.12. The molecule has 1 N–H and O–H groups in total. The number of aromatic nitrogens is 3. The predicted molar refractivity (Wildman–Crippen MR) is 109 cm³/mol. The smallest absolute Gasteiger partial charge is 0.257 e. The molecular weight excluding hydrogens is 429 g/mol. The van der Waals surface area contributed by atoms with E-state index >= 15 is 0 Å². The van der Waals surface area contributed by atoms with E-state index in [-0.39, 0.29) is 22.8 Å². The van der Waals surface area contributed by atoms with Gasteiger partial charge in [0.15, 0.2) is 5.13 Å². The average Bonchev–Trinajstić information content (AvgIpc) is 3.20. The Morgan fingerprint density at radius 2 is 1.84 bits per heavy atom. The summed E-state index contributed by atoms with van der Waals surface area (Å²) in [5.41, 5.74) is 0.249. The first kappa shape index (κ1) is 20.5. The quantitative estimate of drug-likeness (QED) is 0.505. The van der Waals surface area contributed by atoms with E-state index in [0.717, 1.165) is 40.2 Å². The van der Waals surface area contributed by atoms with Gasteiger partial charge >= 0.3 is 0 Å². The van der Waals surface area contributed by atoms with Crippen LogP contribution in [0.5, 0.6) is 0 Å². The van der Waals surface area contributed by atoms with Gasteiger partial charge in [-0.2, -0.15) is 0 Å². The Kier molecular flexibility index (Phi) is 5.63. The summed E-state index contributed by atoms with van der Waals surface area (Å²) in [6.45, 7) is -0.180. The molecule has 0 saturated heterocycles. The van der Waals surface area contributed by atoms with E-state index in [2.05, 4.69) is 15.3 Å². The van der Waals surface area contributed by atoms with Crippen LogP contribution in [0.2, 0.25) is 0 Å². The van der Waals surface area contributed by atoms with Gasteiger partial charge in [0.1, 0.15) is 23.1 Å². The van der Waals surface area contributed by atoms with E-state index in [9.17, 15) is 22.8 Å². The molecule has 156 valence electrons. The van der Waals surface area contributed by atoms with Crippen LogP contribution >= 0.6 is 11.3 Å². The summed E-state index contributed by atoms with van der Waals surface area (Å²) < 4.78 is 41.6. The van der Waals surface area contributed by atoms with E-state index in [0.29, 0.717) is 11.4 Å². The normalized spacial score (nSPS) is 10.8. The van der Waals surface area contributed by atoms with Gasteiger partial charge in [-0.25, -0.2) is 18.2 Å². The average molecular weight is 442 g/mol. The fourth-order valence-electron chi connectivity index (χ4n) is 2.79. The van der Waals surface area contributed by atoms with Crippen LogP contribution in [0.3, 0.4) is 0 Å². The zero-order valence-electron chi connectivity index (χ0n) is 15.7. The van der Waals surface area contributed by atoms with Crippen molar-refractivity contribution in [1.29, 1.82) is 0 Å². The van der Waals surface area contributed by atoms with Gasteiger partial charge in [0.25, 0.3) is 11.5 Å². The number of rotatable bonds is 5. The molecule has 0 fully saturated rings. The van der Waals surface area contributed by atoms with Crippen molar-refractivity contribution in [2.75, 3.05) is 5.32 Å². The number of hydrogen-bond acceptors (Lipinski definition) is 5. The fourth-order valence-corrected chi connectivity index (χ4v) is 3.49. The van der Waals surface area contributed by atoms with Crippen LogP contribution in [0.4, 0.5) is 18.3 Å². The number of amides is 1. The second kappa shape index (κ2) is 8.52. The van der Waals surface area contributed by atoms with E-state index < -0.39 is 28.9 Å². The number of hydrogen-bond donors (Lipinski definition) is 1. The van der Waals surface area contributed by atoms with Gasteiger partial charge in [-0.3, -0.25) is 19.9 Å². The fraction of sp³-hybridized carbons (Fsp3) is 0.0476. The SMILES string of the molecule is O=C(Nc1nc(-c2cc(F)ccn2)cs1)c1ccn(Cc2cc(F)ccc2F)c(=O)c1. The lowest BCUT2D eigenvalue weighted by Crippen LogP contribution is -2.23. The van der Waals surface area contributed by atoms with Gasteiger partial charge in [-0.1, -0.05) is 0 Å². The molecule has 0 saturated carbocycles. The van der Waals surface area contributed by atoms with Crippen LogP contribution in [-0.2, 0) is 6.54 Å². The highest BCUT2D eigenvalue weighted by Gasteiger charge is 2.13. The lowest BCUT2D eigenvalue weighted by Gasteiger charge is -2.08. The molecule has 1 aromatic carbocycles. The number of nitrogens with zero attached hydrogens (tertiary/aromatic N) is 3. The number of thiazole rings is 1. The Balaban J connectivity index is 1.49. The number of halogens is 3. The zero-order valence-corrected chi connectivity index (χ0v) is 16.5. The molecule has 0 aliphatic carbocycles. The summed E-state index contributed by atoms with van der Waals surface area (Å²) in [7, 11) is 0. The molecule has 0 aliphatic heterocycles. The van der Waals surface area contributed by atoms with E-state index in [1.807, 2.05) is 0 Å². The van der Waals surface area contributed by atoms with Crippen molar-refractivity contribution in [3.8, 4) is 11.4 Å². The van der Waals surface area contributed by atoms with Crippen LogP contribution in [0.1, 0.15) is 15.9 Å². The minimum atomic E-state index is -0.637. The van der Waals surface area contributed by atoms with Crippen LogP contribution in [0.15, 0.2) is 65.0 Å². The minimum absolute atomic E-state index is 0.0144. The first-order valence-corrected chi connectivity index (χ1v) is 9.80. The summed E-state index contributed by atoms with van der Waals surface area (Å²) in [5.74, 6) is -2.28. The number of benzene rings is 1. The lowest BCUT2D eigenvalue weighted by atomic mass is 10.2. The highest BCUT2D eigenvalue weighted by Crippen LogP contribution is 2.24. The van der Waals surface area contributed by atoms with E-state index in [1.165, 1.54) is 30.6 Å². The first-order valence-electron chi connectivity index (χ1n) is 8.92. The van der Waals surface area contributed by atoms with Gasteiger partial charge in [0.05, 0.1) is 12.2 Å². The Morgan fingerprint density at radius 1 is 1.03 bits per heavy atom. The summed E-state index contributed by atoms with van der Waals surface area (Å²) in [5, 5.41) is 4.43. The third kappa shape index (κ3) is 4.69. The number of carbonyl (C=O) groups excluding carboxylic acids is 1. The summed E-state index contributed by atoms with van der Waals surface area (Å²) in [6.07, 6.45) is 2.64. The van der Waals surface area contributed by atoms with E-state index in [1.54, 1.807) is 5.38 Å². The maximum absolute atomic E-state index is 13.8. The van der Waals surface area contributed by atoms with Crippen LogP contribution in [0, 0.1) is 17.5 Å². The molecule has 3 aromatic heterocycles. The lowest BCUT2D eigenvalue weighted by molar-refractivity contribution is 0.102. The van der Waals surface area contributed by atoms with Crippen molar-refractivity contribution in [2.24, 2.45) is 0 Å². The van der Waals surface area contributed by atoms with Gasteiger partial charge in [-0.05, 0) is 30.3 Å². The largest absolute Gasteiger partial charge is 0.311 e. The van der Waals surface area contributed by atoms with Crippen molar-refractivity contribution in [1.82, 2.24) is 14.5 Å². The summed E-state index contributed by atoms with van der Waals surface area (Å²) in [4.78, 5) is 33.0. The maximum Gasteiger partial charge on any atom is 0.257 e. The van der Waals surface area contributed by atoms with Gasteiger partial charge in [0, 0.05) is 41.0 Å². The van der Waals surface area contributed by atoms with E-state index in [4.69, 9.17) is 0 Å². The van der Waals surface area contributed by atoms with Crippen molar-refractivity contribution >= 4 is 22.4 Å². The number of carbonyl (C=O) groups is 1. The monoisotopic (exact) mass is 442 g/mol. The van der Waals surface area contributed by atoms with Crippen molar-refractivity contribution in [2.45, 2.75) is 6.54 Å². The predicted octanol–water partition coefficient (Wildman–Crippen LogP) is 4.08. The number of pyridine rings is 2. The van der Waals surface area contributed by atoms with Crippen molar-refractivity contribution < 1.29 is 18.0 Å². The molecule has 0 atom stereocenters. The molecule has 6 nitrogen and oxygen atoms in total. The topological polar surface area (TPSA) is 76.9 Å². The second-order valence-electron chi connectivity index (χ2n) is 6.47. The molecule has 0 aliphatic rings. The zero-order chi connectivity index (χ0) is 22.0. The molecule has 1 amide bonds. The van der Waals surface area contributed by atoms with Crippen molar-refractivity contribution in [3.05, 3.63) is 99.2 Å². The van der Waals surface area contributed by atoms with Crippen LogP contribution < -0.4 is 10.9 Å². The Hall–Kier alpha value is -3.79. The molecule has 0 radical (unpaired) electrons. The maximum atomic E-state index is 13.8. The highest BCUT2D eigenvalue weighted by atomic mass is 32.1. The van der Waals surface area contributed by atoms with Crippen LogP contribution in [-0.4, -0.2) is 20.4 Å². The third-order valence-corrected chi connectivity index (χ3v) is 5.07. The molecule has 4 rings (SSSR count). The van der Waals surface area contributed by atoms with Gasteiger partial charge in [-0.15, -0.1) is 11.3 Å². The second-order valence-corrected chi connectivity index (χ2v) is 7.33. The summed E-state index contributed by atoms with van der Waals surface area (Å²) in [6, 6.07) is 7.90. The molecule has 3 heterocycles. The number of nitrogens with one attached hydrogen (secondary N) is 1. The highest BCUT2D eigenvalue weighted by molar-refractivity contribution is 7.14. The standard InChI is InChI=1S/C21H13F3N4O2S/c22-14-1-2-16(24)13(7-14)10-28-6-4-12(8-19(28)29)20(30)27-21-26-18(11-31-21)17-9-15(23)3-5-25-17/h1-9,11H,10H2,(H,26,27,30). The van der Waals surface area contributed by atoms with Gasteiger partial charge in [0.2, 0.25) is 0 Å². The molecule has 4 aromatic rings. The first-order chi connectivity index (χ1) is 14.9. The van der Waals surface area contributed by atoms with Crippen LogP contribution in [0.25, 0.3) is 11.4 Å².